The van der Waals surface area contributed by atoms with Crippen molar-refractivity contribution in [1.29, 1.82) is 0 Å². The average molecular weight is 313 g/mol. The summed E-state index contributed by atoms with van der Waals surface area (Å²) >= 11 is 3.26. The Bertz CT molecular complexity index is 443. The number of halogens is 1. The molecule has 0 unspecified atom stereocenters. The van der Waals surface area contributed by atoms with Crippen LogP contribution >= 0.6 is 15.9 Å². The number of carbonyl (C=O) groups is 1. The summed E-state index contributed by atoms with van der Waals surface area (Å²) in [5.74, 6) is 0.0213. The first kappa shape index (κ1) is 13.5. The summed E-state index contributed by atoms with van der Waals surface area (Å²) in [6.45, 7) is 4.15. The summed E-state index contributed by atoms with van der Waals surface area (Å²) < 4.78 is 0.774. The van der Waals surface area contributed by atoms with Crippen LogP contribution in [0.1, 0.15) is 10.4 Å². The molecule has 98 valence electrons. The normalized spacial score (nSPS) is 17.9. The third kappa shape index (κ3) is 3.31. The zero-order valence-electron chi connectivity index (χ0n) is 10.4. The number of hydrogen-bond donors (Lipinski definition) is 1. The molecule has 4 nitrogen and oxygen atoms in total. The molecule has 0 aliphatic carbocycles. The van der Waals surface area contributed by atoms with E-state index in [4.69, 9.17) is 0 Å². The van der Waals surface area contributed by atoms with Gasteiger partial charge in [-0.2, -0.15) is 0 Å². The lowest BCUT2D eigenvalue weighted by atomic mass is 10.1. The number of ketones is 1. The second kappa shape index (κ2) is 5.82. The number of phenols is 1. The highest BCUT2D eigenvalue weighted by molar-refractivity contribution is 9.10. The fourth-order valence-corrected chi connectivity index (χ4v) is 2.38. The minimum atomic E-state index is -0.0236. The molecular weight excluding hydrogens is 296 g/mol. The van der Waals surface area contributed by atoms with Gasteiger partial charge >= 0.3 is 0 Å². The number of Topliss-reactive ketones (excluding diaryl/α,β-unsaturated/α-hetero) is 1. The zero-order chi connectivity index (χ0) is 13.1. The first-order valence-corrected chi connectivity index (χ1v) is 6.78. The van der Waals surface area contributed by atoms with E-state index in [-0.39, 0.29) is 11.5 Å². The number of phenolic OH excluding ortho intramolecular Hbond substituents is 1. The van der Waals surface area contributed by atoms with Crippen LogP contribution in [-0.2, 0) is 0 Å². The largest absolute Gasteiger partial charge is 0.507 e. The van der Waals surface area contributed by atoms with Crippen LogP contribution in [0.3, 0.4) is 0 Å². The quantitative estimate of drug-likeness (QED) is 0.861. The predicted octanol–water partition coefficient (Wildman–Crippen LogP) is 1.58. The molecule has 0 aromatic heterocycles. The molecule has 0 bridgehead atoms. The maximum Gasteiger partial charge on any atom is 0.180 e. The summed E-state index contributed by atoms with van der Waals surface area (Å²) in [7, 11) is 2.08. The number of rotatable bonds is 3. The van der Waals surface area contributed by atoms with E-state index in [2.05, 4.69) is 32.8 Å². The molecule has 1 aliphatic rings. The Morgan fingerprint density at radius 3 is 2.61 bits per heavy atom. The summed E-state index contributed by atoms with van der Waals surface area (Å²) in [6.07, 6.45) is 0. The van der Waals surface area contributed by atoms with E-state index in [0.717, 1.165) is 30.7 Å². The zero-order valence-corrected chi connectivity index (χ0v) is 12.0. The molecular formula is C13H17BrN2O2. The molecule has 2 rings (SSSR count). The van der Waals surface area contributed by atoms with Gasteiger partial charge < -0.3 is 10.0 Å². The van der Waals surface area contributed by atoms with Crippen molar-refractivity contribution in [3.05, 3.63) is 28.2 Å². The van der Waals surface area contributed by atoms with E-state index in [0.29, 0.717) is 12.1 Å². The van der Waals surface area contributed by atoms with E-state index >= 15 is 0 Å². The summed E-state index contributed by atoms with van der Waals surface area (Å²) in [5.41, 5.74) is 0.400. The van der Waals surface area contributed by atoms with Crippen molar-refractivity contribution in [3.8, 4) is 5.75 Å². The highest BCUT2D eigenvalue weighted by atomic mass is 79.9. The molecule has 0 amide bonds. The van der Waals surface area contributed by atoms with Gasteiger partial charge in [-0.1, -0.05) is 15.9 Å². The maximum atomic E-state index is 12.1. The molecule has 1 N–H and O–H groups in total. The van der Waals surface area contributed by atoms with Crippen molar-refractivity contribution in [1.82, 2.24) is 9.80 Å². The molecule has 5 heteroatoms. The topological polar surface area (TPSA) is 43.8 Å². The van der Waals surface area contributed by atoms with E-state index in [9.17, 15) is 9.90 Å². The molecule has 0 radical (unpaired) electrons. The number of carbonyl (C=O) groups excluding carboxylic acids is 1. The number of aromatic hydroxyl groups is 1. The molecule has 1 fully saturated rings. The lowest BCUT2D eigenvalue weighted by Gasteiger charge is -2.31. The van der Waals surface area contributed by atoms with Crippen LogP contribution in [0.2, 0.25) is 0 Å². The van der Waals surface area contributed by atoms with Gasteiger partial charge in [0.05, 0.1) is 12.1 Å². The monoisotopic (exact) mass is 312 g/mol. The van der Waals surface area contributed by atoms with E-state index < -0.39 is 0 Å². The number of benzene rings is 1. The molecule has 1 saturated heterocycles. The van der Waals surface area contributed by atoms with Crippen molar-refractivity contribution in [2.45, 2.75) is 0 Å². The minimum Gasteiger partial charge on any atom is -0.507 e. The van der Waals surface area contributed by atoms with Gasteiger partial charge in [0.25, 0.3) is 0 Å². The molecule has 1 heterocycles. The van der Waals surface area contributed by atoms with Crippen molar-refractivity contribution in [2.75, 3.05) is 39.8 Å². The molecule has 18 heavy (non-hydrogen) atoms. The van der Waals surface area contributed by atoms with Crippen LogP contribution in [0.15, 0.2) is 22.7 Å². The summed E-state index contributed by atoms with van der Waals surface area (Å²) in [5, 5.41) is 9.76. The van der Waals surface area contributed by atoms with Crippen LogP contribution in [-0.4, -0.2) is 60.5 Å². The van der Waals surface area contributed by atoms with Crippen LogP contribution < -0.4 is 0 Å². The highest BCUT2D eigenvalue weighted by Crippen LogP contribution is 2.22. The smallest absolute Gasteiger partial charge is 0.180 e. The fourth-order valence-electron chi connectivity index (χ4n) is 2.03. The number of nitrogens with zero attached hydrogens (tertiary/aromatic N) is 2. The molecule has 0 spiro atoms. The first-order valence-electron chi connectivity index (χ1n) is 5.99. The van der Waals surface area contributed by atoms with Crippen LogP contribution in [0.4, 0.5) is 0 Å². The van der Waals surface area contributed by atoms with Gasteiger partial charge in [-0.3, -0.25) is 9.69 Å². The van der Waals surface area contributed by atoms with E-state index in [1.54, 1.807) is 18.2 Å². The lowest BCUT2D eigenvalue weighted by molar-refractivity contribution is 0.0874. The van der Waals surface area contributed by atoms with Crippen molar-refractivity contribution in [2.24, 2.45) is 0 Å². The highest BCUT2D eigenvalue weighted by Gasteiger charge is 2.19. The van der Waals surface area contributed by atoms with Crippen LogP contribution in [0.25, 0.3) is 0 Å². The van der Waals surface area contributed by atoms with E-state index in [1.165, 1.54) is 0 Å². The minimum absolute atomic E-state index is 0.0236. The third-order valence-electron chi connectivity index (χ3n) is 3.22. The Labute approximate surface area is 115 Å². The maximum absolute atomic E-state index is 12.1. The second-order valence-electron chi connectivity index (χ2n) is 4.66. The van der Waals surface area contributed by atoms with Gasteiger partial charge in [0.15, 0.2) is 5.78 Å². The van der Waals surface area contributed by atoms with Gasteiger partial charge in [-0.05, 0) is 25.2 Å². The Morgan fingerprint density at radius 2 is 2.00 bits per heavy atom. The van der Waals surface area contributed by atoms with Gasteiger partial charge in [-0.15, -0.1) is 0 Å². The second-order valence-corrected chi connectivity index (χ2v) is 5.58. The number of likely N-dealkylation sites (N-methyl/N-ethyl adjacent to an activating group) is 1. The molecule has 1 aromatic rings. The van der Waals surface area contributed by atoms with Crippen molar-refractivity contribution < 1.29 is 9.90 Å². The first-order chi connectivity index (χ1) is 8.56. The molecule has 1 aliphatic heterocycles. The Morgan fingerprint density at radius 1 is 1.33 bits per heavy atom. The van der Waals surface area contributed by atoms with Gasteiger partial charge in [0, 0.05) is 30.7 Å². The Kier molecular flexibility index (Phi) is 4.37. The van der Waals surface area contributed by atoms with Crippen molar-refractivity contribution in [3.63, 3.8) is 0 Å². The number of hydrogen-bond acceptors (Lipinski definition) is 4. The summed E-state index contributed by atoms with van der Waals surface area (Å²) in [4.78, 5) is 16.5. The lowest BCUT2D eigenvalue weighted by Crippen LogP contribution is -2.46. The van der Waals surface area contributed by atoms with Gasteiger partial charge in [0.2, 0.25) is 0 Å². The Balaban J connectivity index is 1.99. The number of piperazine rings is 1. The standard InChI is InChI=1S/C13H17BrN2O2/c1-15-4-6-16(7-5-15)9-13(18)11-3-2-10(14)8-12(11)17/h2-3,8,17H,4-7,9H2,1H3. The van der Waals surface area contributed by atoms with Crippen molar-refractivity contribution >= 4 is 21.7 Å². The summed E-state index contributed by atoms with van der Waals surface area (Å²) in [6, 6.07) is 4.99. The van der Waals surface area contributed by atoms with Crippen LogP contribution in [0.5, 0.6) is 5.75 Å². The predicted molar refractivity (Wildman–Crippen MR) is 74.1 cm³/mol. The van der Waals surface area contributed by atoms with Gasteiger partial charge in [-0.25, -0.2) is 0 Å². The Hall–Kier alpha value is -0.910. The van der Waals surface area contributed by atoms with Gasteiger partial charge in [0.1, 0.15) is 5.75 Å². The molecule has 1 aromatic carbocycles. The third-order valence-corrected chi connectivity index (χ3v) is 3.72. The van der Waals surface area contributed by atoms with Crippen LogP contribution in [0, 0.1) is 0 Å². The molecule has 0 atom stereocenters. The SMILES string of the molecule is CN1CCN(CC(=O)c2ccc(Br)cc2O)CC1. The average Bonchev–Trinajstić information content (AvgIpc) is 2.32. The van der Waals surface area contributed by atoms with E-state index in [1.807, 2.05) is 0 Å². The fraction of sp³-hybridized carbons (Fsp3) is 0.462. The molecule has 0 saturated carbocycles.